The van der Waals surface area contributed by atoms with Crippen LogP contribution in [0, 0.1) is 5.92 Å². The smallest absolute Gasteiger partial charge is 0.323 e. The summed E-state index contributed by atoms with van der Waals surface area (Å²) in [6.07, 6.45) is 0.505. The number of methoxy groups -OCH3 is 1. The normalized spacial score (nSPS) is 19.9. The maximum atomic E-state index is 13.1. The molecule has 31 heavy (non-hydrogen) atoms. The number of hydrogen-bond donors (Lipinski definition) is 2. The molecule has 1 saturated heterocycles. The van der Waals surface area contributed by atoms with Crippen LogP contribution in [0.15, 0.2) is 23.1 Å². The summed E-state index contributed by atoms with van der Waals surface area (Å²) in [6.45, 7) is 3.60. The minimum Gasteiger partial charge on any atom is -0.468 e. The van der Waals surface area contributed by atoms with Crippen molar-refractivity contribution >= 4 is 33.7 Å². The number of nitrogens with one attached hydrogen (secondary N) is 2. The molecule has 0 radical (unpaired) electrons. The van der Waals surface area contributed by atoms with E-state index in [-0.39, 0.29) is 47.7 Å². The maximum Gasteiger partial charge on any atom is 0.323 e. The highest BCUT2D eigenvalue weighted by atomic mass is 32.2. The number of hydrogen-bond acceptors (Lipinski definition) is 7. The molecular formula is C20H25N3O7S. The van der Waals surface area contributed by atoms with Crippen LogP contribution in [0.5, 0.6) is 0 Å². The molecule has 168 valence electrons. The minimum atomic E-state index is -4.17. The zero-order valence-corrected chi connectivity index (χ0v) is 18.3. The SMILES string of the molecule is COC(=O)[C@@H](CC(C)C)NS(=O)(=O)c1cccc2c1CN(C1CCC(=O)NC1=O)C2=O. The summed E-state index contributed by atoms with van der Waals surface area (Å²) < 4.78 is 33.4. The first-order valence-electron chi connectivity index (χ1n) is 9.92. The average molecular weight is 452 g/mol. The molecule has 0 spiro atoms. The summed E-state index contributed by atoms with van der Waals surface area (Å²) in [7, 11) is -2.99. The van der Waals surface area contributed by atoms with E-state index in [0.29, 0.717) is 0 Å². The van der Waals surface area contributed by atoms with Crippen LogP contribution in [0.4, 0.5) is 0 Å². The summed E-state index contributed by atoms with van der Waals surface area (Å²) in [5.41, 5.74) is 0.420. The summed E-state index contributed by atoms with van der Waals surface area (Å²) in [6, 6.07) is 2.36. The second-order valence-electron chi connectivity index (χ2n) is 8.01. The first-order valence-corrected chi connectivity index (χ1v) is 11.4. The number of benzene rings is 1. The van der Waals surface area contributed by atoms with Gasteiger partial charge in [0.15, 0.2) is 0 Å². The molecule has 2 atom stereocenters. The fraction of sp³-hybridized carbons (Fsp3) is 0.500. The Morgan fingerprint density at radius 1 is 1.29 bits per heavy atom. The Morgan fingerprint density at radius 3 is 2.61 bits per heavy atom. The Morgan fingerprint density at radius 2 is 2.00 bits per heavy atom. The molecule has 2 N–H and O–H groups in total. The van der Waals surface area contributed by atoms with Gasteiger partial charge >= 0.3 is 5.97 Å². The highest BCUT2D eigenvalue weighted by molar-refractivity contribution is 7.89. The van der Waals surface area contributed by atoms with Gasteiger partial charge in [-0.05, 0) is 30.9 Å². The highest BCUT2D eigenvalue weighted by Crippen LogP contribution is 2.32. The lowest BCUT2D eigenvalue weighted by atomic mass is 10.0. The Labute approximate surface area is 180 Å². The van der Waals surface area contributed by atoms with Crippen LogP contribution in [0.25, 0.3) is 0 Å². The quantitative estimate of drug-likeness (QED) is 0.449. The van der Waals surface area contributed by atoms with Crippen molar-refractivity contribution in [1.82, 2.24) is 14.9 Å². The number of nitrogens with zero attached hydrogens (tertiary/aromatic N) is 1. The standard InChI is InChI=1S/C20H25N3O7S/c1-11(2)9-14(20(27)30-3)22-31(28,29)16-6-4-5-12-13(16)10-23(19(12)26)15-7-8-17(24)21-18(15)25/h4-6,11,14-15,22H,7-10H2,1-3H3,(H,21,24,25)/t14-,15?/m1/s1. The topological polar surface area (TPSA) is 139 Å². The van der Waals surface area contributed by atoms with Crippen LogP contribution in [-0.4, -0.2) is 56.2 Å². The van der Waals surface area contributed by atoms with Gasteiger partial charge in [-0.1, -0.05) is 19.9 Å². The van der Waals surface area contributed by atoms with E-state index in [9.17, 15) is 27.6 Å². The lowest BCUT2D eigenvalue weighted by molar-refractivity contribution is -0.143. The van der Waals surface area contributed by atoms with Crippen LogP contribution in [0.3, 0.4) is 0 Å². The number of rotatable bonds is 7. The number of esters is 1. The fourth-order valence-electron chi connectivity index (χ4n) is 3.87. The number of amides is 3. The molecule has 1 aromatic carbocycles. The van der Waals surface area contributed by atoms with Gasteiger partial charge < -0.3 is 9.64 Å². The van der Waals surface area contributed by atoms with Gasteiger partial charge in [-0.2, -0.15) is 4.72 Å². The Bertz CT molecular complexity index is 1040. The molecular weight excluding hydrogens is 426 g/mol. The Kier molecular flexibility index (Phi) is 6.46. The molecule has 2 aliphatic rings. The van der Waals surface area contributed by atoms with Crippen molar-refractivity contribution in [3.63, 3.8) is 0 Å². The van der Waals surface area contributed by atoms with Crippen molar-refractivity contribution in [2.45, 2.75) is 56.6 Å². The molecule has 1 fully saturated rings. The van der Waals surface area contributed by atoms with Gasteiger partial charge in [0.25, 0.3) is 5.91 Å². The van der Waals surface area contributed by atoms with Gasteiger partial charge in [-0.3, -0.25) is 24.5 Å². The predicted molar refractivity (Wildman–Crippen MR) is 108 cm³/mol. The highest BCUT2D eigenvalue weighted by Gasteiger charge is 2.41. The molecule has 0 aliphatic carbocycles. The van der Waals surface area contributed by atoms with Crippen molar-refractivity contribution in [3.05, 3.63) is 29.3 Å². The molecule has 2 heterocycles. The number of carbonyl (C=O) groups excluding carboxylic acids is 4. The zero-order chi connectivity index (χ0) is 22.9. The number of ether oxygens (including phenoxy) is 1. The van der Waals surface area contributed by atoms with Crippen LogP contribution in [-0.2, 0) is 35.7 Å². The average Bonchev–Trinajstić information content (AvgIpc) is 3.02. The van der Waals surface area contributed by atoms with Crippen molar-refractivity contribution in [2.24, 2.45) is 5.92 Å². The van der Waals surface area contributed by atoms with Gasteiger partial charge in [0.1, 0.15) is 12.1 Å². The maximum absolute atomic E-state index is 13.1. The van der Waals surface area contributed by atoms with E-state index in [1.807, 2.05) is 13.8 Å². The largest absolute Gasteiger partial charge is 0.468 e. The van der Waals surface area contributed by atoms with E-state index in [1.165, 1.54) is 30.2 Å². The number of imide groups is 1. The molecule has 1 unspecified atom stereocenters. The first kappa shape index (κ1) is 22.9. The van der Waals surface area contributed by atoms with Crippen LogP contribution in [0.1, 0.15) is 49.0 Å². The number of carbonyl (C=O) groups is 4. The van der Waals surface area contributed by atoms with Gasteiger partial charge in [0.2, 0.25) is 21.8 Å². The first-order chi connectivity index (χ1) is 14.5. The van der Waals surface area contributed by atoms with Gasteiger partial charge in [-0.25, -0.2) is 8.42 Å². The van der Waals surface area contributed by atoms with E-state index in [4.69, 9.17) is 4.74 Å². The van der Waals surface area contributed by atoms with Crippen LogP contribution >= 0.6 is 0 Å². The number of fused-ring (bicyclic) bond motifs is 1. The summed E-state index contributed by atoms with van der Waals surface area (Å²) in [5.74, 6) is -2.14. The third kappa shape index (κ3) is 4.62. The molecule has 3 rings (SSSR count). The lowest BCUT2D eigenvalue weighted by Gasteiger charge is -2.29. The number of piperidine rings is 1. The third-order valence-corrected chi connectivity index (χ3v) is 6.88. The van der Waals surface area contributed by atoms with Crippen molar-refractivity contribution in [1.29, 1.82) is 0 Å². The number of sulfonamides is 1. The molecule has 3 amide bonds. The monoisotopic (exact) mass is 451 g/mol. The molecule has 0 saturated carbocycles. The molecule has 1 aromatic rings. The zero-order valence-electron chi connectivity index (χ0n) is 17.5. The van der Waals surface area contributed by atoms with Crippen LogP contribution < -0.4 is 10.0 Å². The summed E-state index contributed by atoms with van der Waals surface area (Å²) in [4.78, 5) is 49.8. The van der Waals surface area contributed by atoms with E-state index in [2.05, 4.69) is 10.0 Å². The van der Waals surface area contributed by atoms with E-state index >= 15 is 0 Å². The molecule has 0 aromatic heterocycles. The van der Waals surface area contributed by atoms with Gasteiger partial charge in [-0.15, -0.1) is 0 Å². The fourth-order valence-corrected chi connectivity index (χ4v) is 5.32. The van der Waals surface area contributed by atoms with Gasteiger partial charge in [0.05, 0.1) is 12.0 Å². The van der Waals surface area contributed by atoms with E-state index in [1.54, 1.807) is 0 Å². The minimum absolute atomic E-state index is 0.0258. The molecule has 2 aliphatic heterocycles. The lowest BCUT2D eigenvalue weighted by Crippen LogP contribution is -2.52. The molecule has 10 nitrogen and oxygen atoms in total. The van der Waals surface area contributed by atoms with Gasteiger partial charge in [0, 0.05) is 24.1 Å². The van der Waals surface area contributed by atoms with Crippen molar-refractivity contribution in [2.75, 3.05) is 7.11 Å². The van der Waals surface area contributed by atoms with E-state index in [0.717, 1.165) is 0 Å². The Balaban J connectivity index is 1.91. The third-order valence-electron chi connectivity index (χ3n) is 5.32. The summed E-state index contributed by atoms with van der Waals surface area (Å²) >= 11 is 0. The van der Waals surface area contributed by atoms with Crippen molar-refractivity contribution in [3.8, 4) is 0 Å². The van der Waals surface area contributed by atoms with Crippen LogP contribution in [0.2, 0.25) is 0 Å². The second-order valence-corrected chi connectivity index (χ2v) is 9.69. The Hall–Kier alpha value is -2.79. The molecule has 11 heteroatoms. The second kappa shape index (κ2) is 8.75. The predicted octanol–water partition coefficient (Wildman–Crippen LogP) is 0.314. The molecule has 0 bridgehead atoms. The van der Waals surface area contributed by atoms with Crippen molar-refractivity contribution < 1.29 is 32.3 Å². The summed E-state index contributed by atoms with van der Waals surface area (Å²) in [5, 5.41) is 2.21. The van der Waals surface area contributed by atoms with E-state index < -0.39 is 45.8 Å².